The summed E-state index contributed by atoms with van der Waals surface area (Å²) in [5.74, 6) is 6.63. The van der Waals surface area contributed by atoms with Crippen molar-refractivity contribution in [1.82, 2.24) is 4.98 Å². The second-order valence-corrected chi connectivity index (χ2v) is 5.46. The third kappa shape index (κ3) is 4.71. The number of ether oxygens (including phenoxy) is 1. The molecular weight excluding hydrogens is 324 g/mol. The van der Waals surface area contributed by atoms with Crippen molar-refractivity contribution < 1.29 is 9.53 Å². The zero-order valence-corrected chi connectivity index (χ0v) is 14.4. The number of amides is 1. The van der Waals surface area contributed by atoms with E-state index in [2.05, 4.69) is 22.1 Å². The minimum atomic E-state index is -0.178. The standard InChI is InChI=1S/C22H18N2O2/c1-2-26-21-13-10-18(11-14-21)22(25)24-20-8-5-6-17(16-20)9-12-19-7-3-4-15-23-19/h3-8,10-11,13-16H,2H2,1H3,(H,24,25). The van der Waals surface area contributed by atoms with Crippen molar-refractivity contribution >= 4 is 11.6 Å². The highest BCUT2D eigenvalue weighted by Crippen LogP contribution is 2.15. The summed E-state index contributed by atoms with van der Waals surface area (Å²) in [6.07, 6.45) is 1.71. The summed E-state index contributed by atoms with van der Waals surface area (Å²) in [7, 11) is 0. The molecule has 4 heteroatoms. The monoisotopic (exact) mass is 342 g/mol. The van der Waals surface area contributed by atoms with Gasteiger partial charge in [-0.25, -0.2) is 4.98 Å². The van der Waals surface area contributed by atoms with Crippen LogP contribution < -0.4 is 10.1 Å². The fraction of sp³-hybridized carbons (Fsp3) is 0.0909. The number of carbonyl (C=O) groups is 1. The van der Waals surface area contributed by atoms with Crippen LogP contribution in [0.5, 0.6) is 5.75 Å². The maximum Gasteiger partial charge on any atom is 0.255 e. The first-order valence-electron chi connectivity index (χ1n) is 8.32. The van der Waals surface area contributed by atoms with Crippen molar-refractivity contribution in [2.75, 3.05) is 11.9 Å². The topological polar surface area (TPSA) is 51.2 Å². The normalized spacial score (nSPS) is 9.73. The van der Waals surface area contributed by atoms with Gasteiger partial charge in [0.2, 0.25) is 0 Å². The van der Waals surface area contributed by atoms with Crippen molar-refractivity contribution in [2.24, 2.45) is 0 Å². The molecule has 0 atom stereocenters. The molecule has 1 aromatic heterocycles. The molecule has 0 unspecified atom stereocenters. The fourth-order valence-electron chi connectivity index (χ4n) is 2.32. The summed E-state index contributed by atoms with van der Waals surface area (Å²) in [6.45, 7) is 2.52. The quantitative estimate of drug-likeness (QED) is 0.725. The first-order valence-corrected chi connectivity index (χ1v) is 8.32. The Labute approximate surface area is 152 Å². The second-order valence-electron chi connectivity index (χ2n) is 5.46. The Morgan fingerprint density at radius 3 is 2.62 bits per heavy atom. The summed E-state index contributed by atoms with van der Waals surface area (Å²) in [6, 6.07) is 20.1. The van der Waals surface area contributed by atoms with E-state index < -0.39 is 0 Å². The minimum absolute atomic E-state index is 0.178. The lowest BCUT2D eigenvalue weighted by Gasteiger charge is -2.07. The highest BCUT2D eigenvalue weighted by Gasteiger charge is 2.06. The molecule has 0 bridgehead atoms. The van der Waals surface area contributed by atoms with Crippen molar-refractivity contribution in [3.05, 3.63) is 89.7 Å². The molecule has 0 spiro atoms. The van der Waals surface area contributed by atoms with Crippen LogP contribution >= 0.6 is 0 Å². The lowest BCUT2D eigenvalue weighted by molar-refractivity contribution is 0.102. The van der Waals surface area contributed by atoms with Crippen LogP contribution in [0.1, 0.15) is 28.5 Å². The number of pyridine rings is 1. The summed E-state index contributed by atoms with van der Waals surface area (Å²) >= 11 is 0. The second kappa shape index (κ2) is 8.50. The highest BCUT2D eigenvalue weighted by atomic mass is 16.5. The predicted molar refractivity (Wildman–Crippen MR) is 102 cm³/mol. The number of hydrogen-bond donors (Lipinski definition) is 1. The number of anilines is 1. The first kappa shape index (κ1) is 17.2. The Bertz CT molecular complexity index is 939. The highest BCUT2D eigenvalue weighted by molar-refractivity contribution is 6.04. The molecule has 0 aliphatic rings. The third-order valence-corrected chi connectivity index (χ3v) is 3.55. The van der Waals surface area contributed by atoms with Crippen LogP contribution in [0.4, 0.5) is 5.69 Å². The molecule has 0 radical (unpaired) electrons. The Balaban J connectivity index is 1.70. The van der Waals surface area contributed by atoms with E-state index in [4.69, 9.17) is 4.74 Å². The van der Waals surface area contributed by atoms with Gasteiger partial charge in [0, 0.05) is 23.0 Å². The van der Waals surface area contributed by atoms with E-state index in [0.29, 0.717) is 23.6 Å². The van der Waals surface area contributed by atoms with E-state index in [1.165, 1.54) is 0 Å². The zero-order valence-electron chi connectivity index (χ0n) is 14.4. The average molecular weight is 342 g/mol. The van der Waals surface area contributed by atoms with Gasteiger partial charge < -0.3 is 10.1 Å². The third-order valence-electron chi connectivity index (χ3n) is 3.55. The van der Waals surface area contributed by atoms with E-state index in [0.717, 1.165) is 11.3 Å². The van der Waals surface area contributed by atoms with Gasteiger partial charge in [-0.05, 0) is 67.4 Å². The predicted octanol–water partition coefficient (Wildman–Crippen LogP) is 4.13. The summed E-state index contributed by atoms with van der Waals surface area (Å²) in [5.41, 5.74) is 2.77. The number of nitrogens with zero attached hydrogens (tertiary/aromatic N) is 1. The fourth-order valence-corrected chi connectivity index (χ4v) is 2.32. The van der Waals surface area contributed by atoms with Gasteiger partial charge in [-0.2, -0.15) is 0 Å². The molecule has 0 saturated heterocycles. The molecule has 0 aliphatic heterocycles. The Hall–Kier alpha value is -3.58. The van der Waals surface area contributed by atoms with E-state index in [1.807, 2.05) is 49.4 Å². The van der Waals surface area contributed by atoms with Crippen LogP contribution in [-0.4, -0.2) is 17.5 Å². The van der Waals surface area contributed by atoms with E-state index in [9.17, 15) is 4.79 Å². The van der Waals surface area contributed by atoms with Gasteiger partial charge in [0.05, 0.1) is 6.61 Å². The number of hydrogen-bond acceptors (Lipinski definition) is 3. The van der Waals surface area contributed by atoms with Crippen LogP contribution in [0.15, 0.2) is 72.9 Å². The SMILES string of the molecule is CCOc1ccc(C(=O)Nc2cccc(C#Cc3ccccn3)c2)cc1. The zero-order chi connectivity index (χ0) is 18.2. The molecule has 2 aromatic carbocycles. The summed E-state index contributed by atoms with van der Waals surface area (Å²) in [4.78, 5) is 16.5. The van der Waals surface area contributed by atoms with E-state index in [1.54, 1.807) is 30.5 Å². The molecule has 3 aromatic rings. The molecule has 26 heavy (non-hydrogen) atoms. The van der Waals surface area contributed by atoms with Gasteiger partial charge in [0.25, 0.3) is 5.91 Å². The van der Waals surface area contributed by atoms with Crippen LogP contribution in [0, 0.1) is 11.8 Å². The van der Waals surface area contributed by atoms with E-state index in [-0.39, 0.29) is 5.91 Å². The number of carbonyl (C=O) groups excluding carboxylic acids is 1. The van der Waals surface area contributed by atoms with Crippen molar-refractivity contribution in [1.29, 1.82) is 0 Å². The summed E-state index contributed by atoms with van der Waals surface area (Å²) < 4.78 is 5.39. The molecule has 0 saturated carbocycles. The van der Waals surface area contributed by atoms with Gasteiger partial charge >= 0.3 is 0 Å². The number of aromatic nitrogens is 1. The molecule has 4 nitrogen and oxygen atoms in total. The molecular formula is C22H18N2O2. The van der Waals surface area contributed by atoms with Gasteiger partial charge in [0.1, 0.15) is 11.4 Å². The molecule has 1 heterocycles. The van der Waals surface area contributed by atoms with Crippen molar-refractivity contribution in [3.8, 4) is 17.6 Å². The number of benzene rings is 2. The van der Waals surface area contributed by atoms with Crippen molar-refractivity contribution in [2.45, 2.75) is 6.92 Å². The van der Waals surface area contributed by atoms with Gasteiger partial charge in [-0.1, -0.05) is 18.1 Å². The number of rotatable bonds is 4. The Morgan fingerprint density at radius 2 is 1.88 bits per heavy atom. The van der Waals surface area contributed by atoms with Crippen LogP contribution in [-0.2, 0) is 0 Å². The number of nitrogens with one attached hydrogen (secondary N) is 1. The molecule has 3 rings (SSSR count). The molecule has 0 aliphatic carbocycles. The largest absolute Gasteiger partial charge is 0.494 e. The maximum absolute atomic E-state index is 12.4. The lowest BCUT2D eigenvalue weighted by Crippen LogP contribution is -2.11. The lowest BCUT2D eigenvalue weighted by atomic mass is 10.1. The van der Waals surface area contributed by atoms with Crippen LogP contribution in [0.3, 0.4) is 0 Å². The van der Waals surface area contributed by atoms with Gasteiger partial charge in [0.15, 0.2) is 0 Å². The molecule has 1 amide bonds. The summed E-state index contributed by atoms with van der Waals surface area (Å²) in [5, 5.41) is 2.89. The van der Waals surface area contributed by atoms with Crippen LogP contribution in [0.25, 0.3) is 0 Å². The minimum Gasteiger partial charge on any atom is -0.494 e. The molecule has 1 N–H and O–H groups in total. The van der Waals surface area contributed by atoms with E-state index >= 15 is 0 Å². The van der Waals surface area contributed by atoms with Crippen LogP contribution in [0.2, 0.25) is 0 Å². The molecule has 0 fully saturated rings. The smallest absolute Gasteiger partial charge is 0.255 e. The Kier molecular flexibility index (Phi) is 5.64. The molecule has 128 valence electrons. The van der Waals surface area contributed by atoms with Gasteiger partial charge in [-0.3, -0.25) is 4.79 Å². The van der Waals surface area contributed by atoms with Crippen molar-refractivity contribution in [3.63, 3.8) is 0 Å². The maximum atomic E-state index is 12.4. The van der Waals surface area contributed by atoms with Gasteiger partial charge in [-0.15, -0.1) is 0 Å². The Morgan fingerprint density at radius 1 is 1.04 bits per heavy atom. The average Bonchev–Trinajstić information content (AvgIpc) is 2.68. The first-order chi connectivity index (χ1) is 12.7.